The van der Waals surface area contributed by atoms with Crippen LogP contribution in [0.4, 0.5) is 17.6 Å². The molecule has 1 aromatic carbocycles. The molecule has 1 aliphatic heterocycles. The minimum Gasteiger partial charge on any atom is -0.300 e. The Balaban J connectivity index is 2.53. The molecule has 5 heteroatoms. The zero-order valence-corrected chi connectivity index (χ0v) is 9.15. The van der Waals surface area contributed by atoms with Gasteiger partial charge in [0.1, 0.15) is 18.0 Å². The lowest BCUT2D eigenvalue weighted by molar-refractivity contribution is -0.126. The van der Waals surface area contributed by atoms with Crippen LogP contribution in [0.15, 0.2) is 24.3 Å². The molecule has 0 bridgehead atoms. The predicted molar refractivity (Wildman–Crippen MR) is 56.2 cm³/mol. The van der Waals surface area contributed by atoms with E-state index in [9.17, 15) is 17.6 Å². The molecule has 0 spiro atoms. The molecule has 1 nitrogen and oxygen atoms in total. The summed E-state index contributed by atoms with van der Waals surface area (Å²) < 4.78 is 54.6. The monoisotopic (exact) mass is 247 g/mol. The first-order valence-electron chi connectivity index (χ1n) is 5.47. The summed E-state index contributed by atoms with van der Waals surface area (Å²) in [7, 11) is 0. The quantitative estimate of drug-likeness (QED) is 0.792. The van der Waals surface area contributed by atoms with Crippen LogP contribution < -0.4 is 5.32 Å². The van der Waals surface area contributed by atoms with Crippen LogP contribution in [0.5, 0.6) is 0 Å². The third-order valence-corrected chi connectivity index (χ3v) is 3.25. The summed E-state index contributed by atoms with van der Waals surface area (Å²) in [6.07, 6.45) is -0.179. The van der Waals surface area contributed by atoms with E-state index in [0.717, 1.165) is 6.07 Å². The maximum absolute atomic E-state index is 13.9. The highest BCUT2D eigenvalue weighted by Gasteiger charge is 2.57. The van der Waals surface area contributed by atoms with E-state index in [1.165, 1.54) is 18.2 Å². The van der Waals surface area contributed by atoms with Crippen molar-refractivity contribution in [3.05, 3.63) is 35.6 Å². The van der Waals surface area contributed by atoms with Crippen molar-refractivity contribution in [1.29, 1.82) is 0 Å². The standard InChI is InChI=1S/C12H13F4N/c13-8-11(9-4-1-2-5-10(9)14)12(15,16)6-3-7-17-11/h1-2,4-5,17H,3,6-8H2/t11-/m1/s1. The highest BCUT2D eigenvalue weighted by Crippen LogP contribution is 2.44. The maximum Gasteiger partial charge on any atom is 0.272 e. The van der Waals surface area contributed by atoms with Crippen LogP contribution in [0, 0.1) is 5.82 Å². The van der Waals surface area contributed by atoms with Crippen molar-refractivity contribution in [3.8, 4) is 0 Å². The summed E-state index contributed by atoms with van der Waals surface area (Å²) in [6, 6.07) is 5.11. The minimum atomic E-state index is -3.29. The molecule has 1 aromatic rings. The molecule has 0 aliphatic carbocycles. The SMILES string of the molecule is FC[C@]1(c2ccccc2F)NCCCC1(F)F. The second-order valence-electron chi connectivity index (χ2n) is 4.25. The van der Waals surface area contributed by atoms with E-state index in [4.69, 9.17) is 0 Å². The summed E-state index contributed by atoms with van der Waals surface area (Å²) >= 11 is 0. The van der Waals surface area contributed by atoms with Crippen molar-refractivity contribution >= 4 is 0 Å². The topological polar surface area (TPSA) is 12.0 Å². The van der Waals surface area contributed by atoms with Crippen molar-refractivity contribution < 1.29 is 17.6 Å². The van der Waals surface area contributed by atoms with Crippen LogP contribution in [0.3, 0.4) is 0 Å². The third-order valence-electron chi connectivity index (χ3n) is 3.25. The van der Waals surface area contributed by atoms with Crippen molar-refractivity contribution in [2.45, 2.75) is 24.3 Å². The molecule has 17 heavy (non-hydrogen) atoms. The first kappa shape index (κ1) is 12.4. The number of hydrogen-bond acceptors (Lipinski definition) is 1. The van der Waals surface area contributed by atoms with Crippen molar-refractivity contribution in [2.75, 3.05) is 13.2 Å². The predicted octanol–water partition coefficient (Wildman–Crippen LogP) is 3.01. The van der Waals surface area contributed by atoms with Crippen LogP contribution in [0.25, 0.3) is 0 Å². The van der Waals surface area contributed by atoms with Crippen molar-refractivity contribution in [1.82, 2.24) is 5.32 Å². The lowest BCUT2D eigenvalue weighted by atomic mass is 9.79. The van der Waals surface area contributed by atoms with E-state index in [1.807, 2.05) is 0 Å². The second-order valence-corrected chi connectivity index (χ2v) is 4.25. The number of hydrogen-bond donors (Lipinski definition) is 1. The molecule has 1 saturated heterocycles. The molecule has 94 valence electrons. The number of halogens is 4. The molecule has 0 amide bonds. The van der Waals surface area contributed by atoms with Crippen molar-refractivity contribution in [3.63, 3.8) is 0 Å². The highest BCUT2D eigenvalue weighted by atomic mass is 19.3. The van der Waals surface area contributed by atoms with E-state index in [1.54, 1.807) is 0 Å². The first-order valence-corrected chi connectivity index (χ1v) is 5.47. The van der Waals surface area contributed by atoms with E-state index >= 15 is 0 Å². The number of alkyl halides is 3. The largest absolute Gasteiger partial charge is 0.300 e. The average Bonchev–Trinajstić information content (AvgIpc) is 2.30. The van der Waals surface area contributed by atoms with Gasteiger partial charge in [-0.3, -0.25) is 0 Å². The summed E-state index contributed by atoms with van der Waals surface area (Å²) in [4.78, 5) is 0. The van der Waals surface area contributed by atoms with Gasteiger partial charge in [-0.1, -0.05) is 18.2 Å². The normalized spacial score (nSPS) is 28.0. The zero-order valence-electron chi connectivity index (χ0n) is 9.15. The number of rotatable bonds is 2. The third kappa shape index (κ3) is 1.82. The molecule has 0 unspecified atom stereocenters. The molecule has 0 aromatic heterocycles. The fourth-order valence-corrected chi connectivity index (χ4v) is 2.27. The Morgan fingerprint density at radius 2 is 1.94 bits per heavy atom. The van der Waals surface area contributed by atoms with Gasteiger partial charge in [0.25, 0.3) is 5.92 Å². The van der Waals surface area contributed by atoms with E-state index in [0.29, 0.717) is 0 Å². The van der Waals surface area contributed by atoms with Crippen LogP contribution in [0.2, 0.25) is 0 Å². The molecular formula is C12H13F4N. The highest BCUT2D eigenvalue weighted by molar-refractivity contribution is 5.30. The summed E-state index contributed by atoms with van der Waals surface area (Å²) in [5.41, 5.74) is -2.52. The first-order chi connectivity index (χ1) is 8.03. The Morgan fingerprint density at radius 3 is 2.53 bits per heavy atom. The van der Waals surface area contributed by atoms with E-state index < -0.39 is 30.4 Å². The van der Waals surface area contributed by atoms with Crippen LogP contribution in [-0.4, -0.2) is 19.1 Å². The molecule has 1 aliphatic rings. The average molecular weight is 247 g/mol. The molecule has 1 N–H and O–H groups in total. The zero-order chi connectivity index (χ0) is 12.5. The second kappa shape index (κ2) is 4.29. The van der Waals surface area contributed by atoms with Gasteiger partial charge < -0.3 is 5.32 Å². The van der Waals surface area contributed by atoms with Gasteiger partial charge in [-0.05, 0) is 19.0 Å². The van der Waals surface area contributed by atoms with Gasteiger partial charge in [-0.2, -0.15) is 0 Å². The number of nitrogens with one attached hydrogen (secondary N) is 1. The lowest BCUT2D eigenvalue weighted by Crippen LogP contribution is -2.61. The van der Waals surface area contributed by atoms with E-state index in [2.05, 4.69) is 5.32 Å². The van der Waals surface area contributed by atoms with Gasteiger partial charge in [-0.15, -0.1) is 0 Å². The van der Waals surface area contributed by atoms with Crippen LogP contribution in [0.1, 0.15) is 18.4 Å². The maximum atomic E-state index is 13.9. The Morgan fingerprint density at radius 1 is 1.24 bits per heavy atom. The molecule has 0 saturated carbocycles. The van der Waals surface area contributed by atoms with Crippen LogP contribution in [-0.2, 0) is 5.54 Å². The Labute approximate surface area is 96.8 Å². The van der Waals surface area contributed by atoms with Crippen molar-refractivity contribution in [2.24, 2.45) is 0 Å². The van der Waals surface area contributed by atoms with Gasteiger partial charge in [0.2, 0.25) is 0 Å². The number of piperidine rings is 1. The Kier molecular flexibility index (Phi) is 3.12. The fourth-order valence-electron chi connectivity index (χ4n) is 2.27. The summed E-state index contributed by atoms with van der Waals surface area (Å²) in [6.45, 7) is -1.07. The van der Waals surface area contributed by atoms with Gasteiger partial charge in [-0.25, -0.2) is 17.6 Å². The number of benzene rings is 1. The fraction of sp³-hybridized carbons (Fsp3) is 0.500. The van der Waals surface area contributed by atoms with Crippen LogP contribution >= 0.6 is 0 Å². The van der Waals surface area contributed by atoms with Gasteiger partial charge in [0.05, 0.1) is 0 Å². The van der Waals surface area contributed by atoms with E-state index in [-0.39, 0.29) is 18.5 Å². The summed E-state index contributed by atoms with van der Waals surface area (Å²) in [5, 5.41) is 2.46. The molecule has 2 rings (SSSR count). The smallest absolute Gasteiger partial charge is 0.272 e. The van der Waals surface area contributed by atoms with Gasteiger partial charge >= 0.3 is 0 Å². The molecule has 1 heterocycles. The minimum absolute atomic E-state index is 0.253. The lowest BCUT2D eigenvalue weighted by Gasteiger charge is -2.43. The Bertz CT molecular complexity index is 407. The Hall–Kier alpha value is -1.10. The molecule has 1 atom stereocenters. The summed E-state index contributed by atoms with van der Waals surface area (Å²) in [5.74, 6) is -4.10. The molecule has 1 fully saturated rings. The van der Waals surface area contributed by atoms with Gasteiger partial charge in [0.15, 0.2) is 0 Å². The van der Waals surface area contributed by atoms with Gasteiger partial charge in [0, 0.05) is 12.0 Å². The molecular weight excluding hydrogens is 234 g/mol. The molecule has 0 radical (unpaired) electrons.